The van der Waals surface area contributed by atoms with E-state index < -0.39 is 42.9 Å². The molecule has 0 aromatic rings. The Hall–Kier alpha value is -0.700. The number of allylic oxidation sites excluding steroid dienone is 1. The predicted molar refractivity (Wildman–Crippen MR) is 76.6 cm³/mol. The van der Waals surface area contributed by atoms with E-state index in [1.54, 1.807) is 6.08 Å². The van der Waals surface area contributed by atoms with E-state index in [0.29, 0.717) is 25.0 Å². The summed E-state index contributed by atoms with van der Waals surface area (Å²) in [6.45, 7) is 3.42. The van der Waals surface area contributed by atoms with Gasteiger partial charge in [0.1, 0.15) is 24.4 Å². The second-order valence-corrected chi connectivity index (χ2v) is 6.45. The summed E-state index contributed by atoms with van der Waals surface area (Å²) in [5, 5.41) is 48.9. The summed E-state index contributed by atoms with van der Waals surface area (Å²) in [7, 11) is 0. The van der Waals surface area contributed by atoms with Crippen molar-refractivity contribution < 1.29 is 35.0 Å². The fourth-order valence-corrected chi connectivity index (χ4v) is 2.78. The predicted octanol–water partition coefficient (Wildman–Crippen LogP) is -0.742. The van der Waals surface area contributed by atoms with E-state index in [0.717, 1.165) is 0 Å². The Morgan fingerprint density at radius 1 is 1.27 bits per heavy atom. The summed E-state index contributed by atoms with van der Waals surface area (Å²) in [6, 6.07) is 0. The first-order chi connectivity index (χ1) is 10.3. The number of ether oxygens (including phenoxy) is 2. The Morgan fingerprint density at radius 2 is 1.95 bits per heavy atom. The van der Waals surface area contributed by atoms with Gasteiger partial charge in [0, 0.05) is 6.42 Å². The van der Waals surface area contributed by atoms with Gasteiger partial charge in [-0.05, 0) is 24.8 Å². The molecule has 0 spiro atoms. The normalized spacial score (nSPS) is 43.1. The molecule has 0 unspecified atom stereocenters. The van der Waals surface area contributed by atoms with Crippen LogP contribution in [0.5, 0.6) is 0 Å². The fraction of sp³-hybridized carbons (Fsp3) is 0.867. The largest absolute Gasteiger partial charge is 0.467 e. The van der Waals surface area contributed by atoms with Gasteiger partial charge in [0.25, 0.3) is 0 Å². The first-order valence-corrected chi connectivity index (χ1v) is 7.67. The standard InChI is InChI=1S/C15H26O7/c1-8(2)15(20)5-3-9(4-6-15)21-14-13(19)12(18)11(17)10(7-16)22-14/h3,8,10-14,16-20H,4-7H2,1-2H3/t10-,11-,12+,13-,14-,15+/m1/s1. The monoisotopic (exact) mass is 318 g/mol. The van der Waals surface area contributed by atoms with Crippen molar-refractivity contribution >= 4 is 0 Å². The van der Waals surface area contributed by atoms with Gasteiger partial charge >= 0.3 is 0 Å². The lowest BCUT2D eigenvalue weighted by atomic mass is 9.80. The van der Waals surface area contributed by atoms with Crippen molar-refractivity contribution in [3.63, 3.8) is 0 Å². The van der Waals surface area contributed by atoms with E-state index in [2.05, 4.69) is 0 Å². The maximum atomic E-state index is 10.4. The van der Waals surface area contributed by atoms with Crippen molar-refractivity contribution in [2.24, 2.45) is 5.92 Å². The van der Waals surface area contributed by atoms with Gasteiger partial charge in [-0.2, -0.15) is 0 Å². The second-order valence-electron chi connectivity index (χ2n) is 6.45. The van der Waals surface area contributed by atoms with Crippen LogP contribution in [-0.2, 0) is 9.47 Å². The van der Waals surface area contributed by atoms with Crippen molar-refractivity contribution in [2.45, 2.75) is 69.4 Å². The molecule has 2 aliphatic rings. The lowest BCUT2D eigenvalue weighted by Gasteiger charge is -2.41. The molecule has 0 saturated carbocycles. The molecule has 22 heavy (non-hydrogen) atoms. The lowest BCUT2D eigenvalue weighted by Crippen LogP contribution is -2.59. The van der Waals surface area contributed by atoms with Crippen LogP contribution in [0.25, 0.3) is 0 Å². The molecular formula is C15H26O7. The highest BCUT2D eigenvalue weighted by Crippen LogP contribution is 2.35. The van der Waals surface area contributed by atoms with Crippen LogP contribution in [0.1, 0.15) is 33.1 Å². The van der Waals surface area contributed by atoms with Crippen LogP contribution in [0, 0.1) is 5.92 Å². The highest BCUT2D eigenvalue weighted by atomic mass is 16.7. The van der Waals surface area contributed by atoms with E-state index in [-0.39, 0.29) is 5.92 Å². The Labute approximate surface area is 129 Å². The molecule has 1 aliphatic heterocycles. The third kappa shape index (κ3) is 3.45. The van der Waals surface area contributed by atoms with Crippen LogP contribution in [-0.4, -0.2) is 68.4 Å². The van der Waals surface area contributed by atoms with Gasteiger partial charge in [0.15, 0.2) is 0 Å². The number of rotatable bonds is 4. The summed E-state index contributed by atoms with van der Waals surface area (Å²) in [5.41, 5.74) is -0.762. The summed E-state index contributed by atoms with van der Waals surface area (Å²) >= 11 is 0. The minimum Gasteiger partial charge on any atom is -0.467 e. The Balaban J connectivity index is 2.00. The van der Waals surface area contributed by atoms with Crippen LogP contribution in [0.4, 0.5) is 0 Å². The molecular weight excluding hydrogens is 292 g/mol. The fourth-order valence-electron chi connectivity index (χ4n) is 2.78. The van der Waals surface area contributed by atoms with Gasteiger partial charge in [0.2, 0.25) is 6.29 Å². The number of hydrogen-bond acceptors (Lipinski definition) is 7. The molecule has 1 fully saturated rings. The Bertz CT molecular complexity index is 409. The molecule has 1 aliphatic carbocycles. The zero-order chi connectivity index (χ0) is 16.5. The molecule has 6 atom stereocenters. The molecule has 7 nitrogen and oxygen atoms in total. The van der Waals surface area contributed by atoms with Crippen molar-refractivity contribution in [3.05, 3.63) is 11.8 Å². The molecule has 0 aromatic carbocycles. The zero-order valence-electron chi connectivity index (χ0n) is 12.9. The van der Waals surface area contributed by atoms with Gasteiger partial charge in [-0.15, -0.1) is 0 Å². The van der Waals surface area contributed by atoms with Gasteiger partial charge in [-0.25, -0.2) is 0 Å². The van der Waals surface area contributed by atoms with Crippen molar-refractivity contribution in [3.8, 4) is 0 Å². The molecule has 0 bridgehead atoms. The van der Waals surface area contributed by atoms with E-state index in [1.165, 1.54) is 0 Å². The number of aliphatic hydroxyl groups excluding tert-OH is 4. The van der Waals surface area contributed by atoms with Crippen molar-refractivity contribution in [1.82, 2.24) is 0 Å². The summed E-state index contributed by atoms with van der Waals surface area (Å²) < 4.78 is 10.9. The van der Waals surface area contributed by atoms with Gasteiger partial charge in [0.05, 0.1) is 18.0 Å². The highest BCUT2D eigenvalue weighted by Gasteiger charge is 2.45. The summed E-state index contributed by atoms with van der Waals surface area (Å²) in [4.78, 5) is 0. The molecule has 1 saturated heterocycles. The van der Waals surface area contributed by atoms with Crippen LogP contribution in [0.3, 0.4) is 0 Å². The minimum absolute atomic E-state index is 0.123. The van der Waals surface area contributed by atoms with Crippen LogP contribution >= 0.6 is 0 Å². The average molecular weight is 318 g/mol. The Kier molecular flexibility index (Phi) is 5.47. The average Bonchev–Trinajstić information content (AvgIpc) is 2.50. The first kappa shape index (κ1) is 17.7. The summed E-state index contributed by atoms with van der Waals surface area (Å²) in [6.07, 6.45) is -3.18. The van der Waals surface area contributed by atoms with E-state index in [1.807, 2.05) is 13.8 Å². The minimum atomic E-state index is -1.45. The van der Waals surface area contributed by atoms with E-state index >= 15 is 0 Å². The van der Waals surface area contributed by atoms with Crippen LogP contribution < -0.4 is 0 Å². The molecule has 5 N–H and O–H groups in total. The van der Waals surface area contributed by atoms with Gasteiger partial charge in [-0.1, -0.05) is 13.8 Å². The van der Waals surface area contributed by atoms with Gasteiger partial charge in [-0.3, -0.25) is 0 Å². The summed E-state index contributed by atoms with van der Waals surface area (Å²) in [5.74, 6) is 0.687. The smallest absolute Gasteiger partial charge is 0.228 e. The number of aliphatic hydroxyl groups is 5. The maximum Gasteiger partial charge on any atom is 0.228 e. The Morgan fingerprint density at radius 3 is 2.45 bits per heavy atom. The third-order valence-electron chi connectivity index (χ3n) is 4.68. The second kappa shape index (κ2) is 6.82. The molecule has 0 amide bonds. The van der Waals surface area contributed by atoms with Crippen LogP contribution in [0.15, 0.2) is 11.8 Å². The van der Waals surface area contributed by atoms with Gasteiger partial charge < -0.3 is 35.0 Å². The lowest BCUT2D eigenvalue weighted by molar-refractivity contribution is -0.292. The number of hydrogen-bond donors (Lipinski definition) is 5. The van der Waals surface area contributed by atoms with E-state index in [4.69, 9.17) is 14.6 Å². The van der Waals surface area contributed by atoms with E-state index in [9.17, 15) is 20.4 Å². The zero-order valence-corrected chi connectivity index (χ0v) is 12.9. The molecule has 0 radical (unpaired) electrons. The van der Waals surface area contributed by atoms with Crippen molar-refractivity contribution in [2.75, 3.05) is 6.61 Å². The van der Waals surface area contributed by atoms with Crippen molar-refractivity contribution in [1.29, 1.82) is 0 Å². The van der Waals surface area contributed by atoms with Crippen LogP contribution in [0.2, 0.25) is 0 Å². The SMILES string of the molecule is CC(C)[C@]1(O)CC=C(O[C@@H]2O[C@H](CO)[C@@H](O)[C@H](O)[C@H]2O)CC1. The molecule has 2 rings (SSSR count). The quantitative estimate of drug-likeness (QED) is 0.463. The third-order valence-corrected chi connectivity index (χ3v) is 4.68. The maximum absolute atomic E-state index is 10.4. The molecule has 7 heteroatoms. The molecule has 1 heterocycles. The molecule has 0 aromatic heterocycles. The highest BCUT2D eigenvalue weighted by molar-refractivity contribution is 5.06. The first-order valence-electron chi connectivity index (χ1n) is 7.67. The molecule has 128 valence electrons. The topological polar surface area (TPSA) is 120 Å².